The Balaban J connectivity index is 1.94. The lowest BCUT2D eigenvalue weighted by molar-refractivity contribution is 0.403. The molecule has 4 aromatic rings. The highest BCUT2D eigenvalue weighted by atomic mass is 32.2. The summed E-state index contributed by atoms with van der Waals surface area (Å²) in [6.07, 6.45) is 1.16. The van der Waals surface area contributed by atoms with Gasteiger partial charge in [0, 0.05) is 17.2 Å². The van der Waals surface area contributed by atoms with Gasteiger partial charge in [-0.2, -0.15) is 0 Å². The number of fused-ring (bicyclic) bond motifs is 1. The maximum atomic E-state index is 12.1. The fraction of sp³-hybridized carbons (Fsp3) is 0.120. The molecule has 0 radical (unpaired) electrons. The number of hydrogen-bond acceptors (Lipinski definition) is 5. The van der Waals surface area contributed by atoms with Gasteiger partial charge in [0.05, 0.1) is 14.2 Å². The average Bonchev–Trinajstić information content (AvgIpc) is 2.78. The average molecular weight is 435 g/mol. The van der Waals surface area contributed by atoms with Gasteiger partial charge < -0.3 is 14.2 Å². The van der Waals surface area contributed by atoms with Crippen LogP contribution in [0, 0.1) is 0 Å². The molecule has 0 saturated heterocycles. The summed E-state index contributed by atoms with van der Waals surface area (Å²) in [5.41, 5.74) is 1.60. The van der Waals surface area contributed by atoms with Gasteiger partial charge in [-0.25, -0.2) is 8.42 Å². The van der Waals surface area contributed by atoms with Crippen molar-refractivity contribution in [3.8, 4) is 34.1 Å². The highest BCUT2D eigenvalue weighted by Gasteiger charge is 2.18. The molecular formula is C25H22O5S. The van der Waals surface area contributed by atoms with Crippen LogP contribution in [-0.4, -0.2) is 28.9 Å². The van der Waals surface area contributed by atoms with E-state index in [-0.39, 0.29) is 4.90 Å². The topological polar surface area (TPSA) is 61.8 Å². The van der Waals surface area contributed by atoms with Gasteiger partial charge in [0.15, 0.2) is 9.84 Å². The lowest BCUT2D eigenvalue weighted by Gasteiger charge is -2.16. The lowest BCUT2D eigenvalue weighted by Crippen LogP contribution is -2.01. The molecule has 0 fully saturated rings. The third-order valence-corrected chi connectivity index (χ3v) is 6.15. The van der Waals surface area contributed by atoms with Crippen LogP contribution in [0.5, 0.6) is 23.0 Å². The summed E-state index contributed by atoms with van der Waals surface area (Å²) in [5, 5.41) is 1.88. The van der Waals surface area contributed by atoms with E-state index in [1.165, 1.54) is 7.11 Å². The first-order valence-electron chi connectivity index (χ1n) is 9.63. The molecule has 0 amide bonds. The van der Waals surface area contributed by atoms with Crippen molar-refractivity contribution in [2.45, 2.75) is 4.90 Å². The van der Waals surface area contributed by atoms with Crippen LogP contribution in [0.3, 0.4) is 0 Å². The molecule has 158 valence electrons. The molecule has 0 saturated carbocycles. The van der Waals surface area contributed by atoms with Crippen molar-refractivity contribution >= 4 is 20.6 Å². The normalized spacial score (nSPS) is 11.3. The molecule has 4 rings (SSSR count). The Morgan fingerprint density at radius 3 is 2.19 bits per heavy atom. The molecule has 0 N–H and O–H groups in total. The number of methoxy groups -OCH3 is 2. The second-order valence-corrected chi connectivity index (χ2v) is 9.07. The predicted octanol–water partition coefficient (Wildman–Crippen LogP) is 5.72. The number of para-hydroxylation sites is 1. The van der Waals surface area contributed by atoms with Gasteiger partial charge in [0.25, 0.3) is 0 Å². The molecule has 0 atom stereocenters. The van der Waals surface area contributed by atoms with Crippen molar-refractivity contribution in [3.63, 3.8) is 0 Å². The van der Waals surface area contributed by atoms with Crippen LogP contribution in [0.25, 0.3) is 21.9 Å². The standard InChI is InChI=1S/C25H22O5S/c1-28-20-11-13-22-17(15-20)9-12-21(25(22)30-19-7-5-4-6-8-19)18-10-14-24(31(3,26)27)23(16-18)29-2/h4-16H,1-3H3. The number of hydrogen-bond donors (Lipinski definition) is 0. The minimum atomic E-state index is -3.42. The van der Waals surface area contributed by atoms with E-state index in [2.05, 4.69) is 0 Å². The molecule has 0 aliphatic carbocycles. The van der Waals surface area contributed by atoms with Gasteiger partial charge in [-0.15, -0.1) is 0 Å². The highest BCUT2D eigenvalue weighted by molar-refractivity contribution is 7.90. The van der Waals surface area contributed by atoms with Gasteiger partial charge in [0.1, 0.15) is 27.9 Å². The number of ether oxygens (including phenoxy) is 3. The summed E-state index contributed by atoms with van der Waals surface area (Å²) >= 11 is 0. The van der Waals surface area contributed by atoms with Gasteiger partial charge >= 0.3 is 0 Å². The largest absolute Gasteiger partial charge is 0.497 e. The van der Waals surface area contributed by atoms with Crippen molar-refractivity contribution in [2.75, 3.05) is 20.5 Å². The molecule has 6 heteroatoms. The van der Waals surface area contributed by atoms with E-state index in [0.717, 1.165) is 33.9 Å². The first-order chi connectivity index (χ1) is 14.9. The van der Waals surface area contributed by atoms with E-state index in [0.29, 0.717) is 17.2 Å². The van der Waals surface area contributed by atoms with Crippen molar-refractivity contribution in [3.05, 3.63) is 78.9 Å². The summed E-state index contributed by atoms with van der Waals surface area (Å²) < 4.78 is 41.2. The van der Waals surface area contributed by atoms with Gasteiger partial charge in [-0.1, -0.05) is 30.3 Å². The first-order valence-corrected chi connectivity index (χ1v) is 11.5. The fourth-order valence-corrected chi connectivity index (χ4v) is 4.31. The van der Waals surface area contributed by atoms with Crippen LogP contribution in [0.15, 0.2) is 83.8 Å². The third-order valence-electron chi connectivity index (χ3n) is 5.01. The SMILES string of the molecule is COc1ccc2c(Oc3ccccc3)c(-c3ccc(S(C)(=O)=O)c(OC)c3)ccc2c1. The van der Waals surface area contributed by atoms with Crippen molar-refractivity contribution in [1.29, 1.82) is 0 Å². The predicted molar refractivity (Wildman–Crippen MR) is 122 cm³/mol. The summed E-state index contributed by atoms with van der Waals surface area (Å²) in [5.74, 6) is 2.41. The number of rotatable bonds is 6. The summed E-state index contributed by atoms with van der Waals surface area (Å²) in [7, 11) is -0.324. The summed E-state index contributed by atoms with van der Waals surface area (Å²) in [6.45, 7) is 0. The third kappa shape index (κ3) is 4.20. The van der Waals surface area contributed by atoms with Gasteiger partial charge in [-0.3, -0.25) is 0 Å². The molecule has 0 unspecified atom stereocenters. The Hall–Kier alpha value is -3.51. The Labute approximate surface area is 181 Å². The molecule has 0 aromatic heterocycles. The molecule has 4 aromatic carbocycles. The van der Waals surface area contributed by atoms with E-state index in [1.54, 1.807) is 25.3 Å². The van der Waals surface area contributed by atoms with Crippen molar-refractivity contribution in [1.82, 2.24) is 0 Å². The Bertz CT molecular complexity index is 1350. The molecule has 31 heavy (non-hydrogen) atoms. The monoisotopic (exact) mass is 434 g/mol. The summed E-state index contributed by atoms with van der Waals surface area (Å²) in [6, 6.07) is 24.3. The second-order valence-electron chi connectivity index (χ2n) is 7.08. The van der Waals surface area contributed by atoms with E-state index in [9.17, 15) is 8.42 Å². The van der Waals surface area contributed by atoms with Crippen molar-refractivity contribution in [2.24, 2.45) is 0 Å². The molecule has 5 nitrogen and oxygen atoms in total. The zero-order valence-electron chi connectivity index (χ0n) is 17.5. The molecular weight excluding hydrogens is 412 g/mol. The van der Waals surface area contributed by atoms with E-state index < -0.39 is 9.84 Å². The van der Waals surface area contributed by atoms with Crippen molar-refractivity contribution < 1.29 is 22.6 Å². The van der Waals surface area contributed by atoms with Gasteiger partial charge in [0.2, 0.25) is 0 Å². The van der Waals surface area contributed by atoms with Crippen LogP contribution in [-0.2, 0) is 9.84 Å². The minimum absolute atomic E-state index is 0.148. The molecule has 0 bridgehead atoms. The first kappa shape index (κ1) is 20.8. The Morgan fingerprint density at radius 1 is 0.742 bits per heavy atom. The van der Waals surface area contributed by atoms with E-state index in [4.69, 9.17) is 14.2 Å². The van der Waals surface area contributed by atoms with Crippen LogP contribution in [0.4, 0.5) is 0 Å². The zero-order valence-corrected chi connectivity index (χ0v) is 18.3. The van der Waals surface area contributed by atoms with E-state index in [1.807, 2.05) is 60.7 Å². The zero-order chi connectivity index (χ0) is 22.0. The molecule has 0 aliphatic heterocycles. The number of benzene rings is 4. The van der Waals surface area contributed by atoms with E-state index >= 15 is 0 Å². The fourth-order valence-electron chi connectivity index (χ4n) is 3.49. The highest BCUT2D eigenvalue weighted by Crippen LogP contribution is 2.42. The second kappa shape index (κ2) is 8.32. The van der Waals surface area contributed by atoms with Crippen LogP contribution in [0.2, 0.25) is 0 Å². The molecule has 0 aliphatic rings. The summed E-state index contributed by atoms with van der Waals surface area (Å²) in [4.78, 5) is 0.148. The van der Waals surface area contributed by atoms with Gasteiger partial charge in [-0.05, 0) is 59.5 Å². The lowest BCUT2D eigenvalue weighted by atomic mass is 9.99. The smallest absolute Gasteiger partial charge is 0.179 e. The maximum Gasteiger partial charge on any atom is 0.179 e. The number of sulfone groups is 1. The van der Waals surface area contributed by atoms with Crippen LogP contribution >= 0.6 is 0 Å². The molecule has 0 heterocycles. The van der Waals surface area contributed by atoms with Crippen LogP contribution < -0.4 is 14.2 Å². The molecule has 0 spiro atoms. The van der Waals surface area contributed by atoms with Crippen LogP contribution in [0.1, 0.15) is 0 Å². The quantitative estimate of drug-likeness (QED) is 0.388. The maximum absolute atomic E-state index is 12.1. The Morgan fingerprint density at radius 2 is 1.52 bits per heavy atom. The Kier molecular flexibility index (Phi) is 5.57. The minimum Gasteiger partial charge on any atom is -0.497 e.